The summed E-state index contributed by atoms with van der Waals surface area (Å²) in [4.78, 5) is 13.9. The summed E-state index contributed by atoms with van der Waals surface area (Å²) in [6.07, 6.45) is 5.40. The van der Waals surface area contributed by atoms with E-state index >= 15 is 0 Å². The van der Waals surface area contributed by atoms with E-state index in [1.54, 1.807) is 37.5 Å². The highest BCUT2D eigenvalue weighted by atomic mass is 32.1. The van der Waals surface area contributed by atoms with Crippen LogP contribution in [0.5, 0.6) is 0 Å². The van der Waals surface area contributed by atoms with E-state index in [9.17, 15) is 4.79 Å². The molecule has 0 radical (unpaired) electrons. The zero-order valence-corrected chi connectivity index (χ0v) is 15.7. The summed E-state index contributed by atoms with van der Waals surface area (Å²) in [6, 6.07) is 15.9. The van der Waals surface area contributed by atoms with Gasteiger partial charge < -0.3 is 4.57 Å². The van der Waals surface area contributed by atoms with Crippen LogP contribution in [0.1, 0.15) is 11.3 Å². The molecule has 0 bridgehead atoms. The predicted octanol–water partition coefficient (Wildman–Crippen LogP) is 2.91. The molecule has 7 nitrogen and oxygen atoms in total. The van der Waals surface area contributed by atoms with Crippen molar-refractivity contribution in [3.63, 3.8) is 0 Å². The van der Waals surface area contributed by atoms with E-state index in [0.29, 0.717) is 18.6 Å². The van der Waals surface area contributed by atoms with E-state index < -0.39 is 0 Å². The molecule has 4 aromatic heterocycles. The lowest BCUT2D eigenvalue weighted by molar-refractivity contribution is 0.648. The lowest BCUT2D eigenvalue weighted by Crippen LogP contribution is -2.21. The molecule has 0 atom stereocenters. The minimum Gasteiger partial charge on any atom is -0.306 e. The number of hydrogen-bond donors (Lipinski definition) is 0. The fraction of sp³-hybridized carbons (Fsp3) is 0.100. The first-order valence-corrected chi connectivity index (χ1v) is 9.70. The van der Waals surface area contributed by atoms with Crippen molar-refractivity contribution in [2.75, 3.05) is 0 Å². The topological polar surface area (TPSA) is 70.0 Å². The highest BCUT2D eigenvalue weighted by molar-refractivity contribution is 7.13. The van der Waals surface area contributed by atoms with Gasteiger partial charge in [0.2, 0.25) is 0 Å². The number of thiophene rings is 1. The van der Waals surface area contributed by atoms with Crippen molar-refractivity contribution < 1.29 is 0 Å². The lowest BCUT2D eigenvalue weighted by atomic mass is 10.2. The molecule has 0 aliphatic heterocycles. The molecule has 8 heteroatoms. The Morgan fingerprint density at radius 3 is 2.71 bits per heavy atom. The molecule has 0 unspecified atom stereocenters. The molecule has 5 aromatic rings. The second-order valence-electron chi connectivity index (χ2n) is 6.46. The van der Waals surface area contributed by atoms with Gasteiger partial charge in [-0.2, -0.15) is 5.10 Å². The largest absolute Gasteiger partial charge is 0.306 e. The van der Waals surface area contributed by atoms with Crippen LogP contribution in [-0.2, 0) is 13.1 Å². The van der Waals surface area contributed by atoms with Crippen LogP contribution >= 0.6 is 11.3 Å². The smallest absolute Gasteiger partial charge is 0.276 e. The number of benzene rings is 1. The highest BCUT2D eigenvalue weighted by Gasteiger charge is 2.11. The normalized spacial score (nSPS) is 11.3. The molecule has 0 aliphatic rings. The van der Waals surface area contributed by atoms with Crippen LogP contribution < -0.4 is 5.56 Å². The monoisotopic (exact) mass is 388 g/mol. The minimum absolute atomic E-state index is 0.101. The van der Waals surface area contributed by atoms with Crippen molar-refractivity contribution >= 4 is 16.9 Å². The summed E-state index contributed by atoms with van der Waals surface area (Å²) in [6.45, 7) is 1.01. The molecular weight excluding hydrogens is 372 g/mol. The molecule has 0 saturated heterocycles. The second kappa shape index (κ2) is 6.90. The van der Waals surface area contributed by atoms with Crippen LogP contribution in [-0.4, -0.2) is 29.2 Å². The Hall–Kier alpha value is -3.52. The number of nitrogens with zero attached hydrogens (tertiary/aromatic N) is 6. The molecule has 28 heavy (non-hydrogen) atoms. The van der Waals surface area contributed by atoms with Crippen molar-refractivity contribution in [3.05, 3.63) is 94.1 Å². The molecular formula is C20H16N6OS. The Bertz CT molecular complexity index is 1280. The van der Waals surface area contributed by atoms with Gasteiger partial charge in [0.15, 0.2) is 0 Å². The fourth-order valence-corrected chi connectivity index (χ4v) is 3.81. The van der Waals surface area contributed by atoms with Gasteiger partial charge in [-0.05, 0) is 23.1 Å². The third-order valence-corrected chi connectivity index (χ3v) is 5.38. The quantitative estimate of drug-likeness (QED) is 0.464. The van der Waals surface area contributed by atoms with Gasteiger partial charge in [0, 0.05) is 12.4 Å². The molecule has 4 heterocycles. The van der Waals surface area contributed by atoms with Gasteiger partial charge >= 0.3 is 0 Å². The van der Waals surface area contributed by atoms with Gasteiger partial charge in [0.05, 0.1) is 24.2 Å². The van der Waals surface area contributed by atoms with Crippen molar-refractivity contribution in [2.24, 2.45) is 0 Å². The van der Waals surface area contributed by atoms with E-state index in [0.717, 1.165) is 21.8 Å². The van der Waals surface area contributed by atoms with Gasteiger partial charge in [0.25, 0.3) is 5.56 Å². The number of aromatic nitrogens is 6. The number of rotatable bonds is 5. The Morgan fingerprint density at radius 1 is 1.00 bits per heavy atom. The highest BCUT2D eigenvalue weighted by Crippen LogP contribution is 2.23. The van der Waals surface area contributed by atoms with Crippen LogP contribution in [0.4, 0.5) is 0 Å². The SMILES string of the molecule is O=c1c2cc(-c3cccs3)nn2ccn1Cc1cn(Cc2ccccc2)nn1. The molecule has 0 amide bonds. The van der Waals surface area contributed by atoms with E-state index in [1.807, 2.05) is 60.1 Å². The minimum atomic E-state index is -0.101. The second-order valence-corrected chi connectivity index (χ2v) is 7.41. The van der Waals surface area contributed by atoms with Gasteiger partial charge in [-0.15, -0.1) is 16.4 Å². The Kier molecular flexibility index (Phi) is 4.10. The first kappa shape index (κ1) is 16.6. The molecule has 0 N–H and O–H groups in total. The van der Waals surface area contributed by atoms with Crippen molar-refractivity contribution in [3.8, 4) is 10.6 Å². The van der Waals surface area contributed by atoms with Crippen molar-refractivity contribution in [2.45, 2.75) is 13.1 Å². The van der Waals surface area contributed by atoms with Crippen LogP contribution in [0.3, 0.4) is 0 Å². The maximum Gasteiger partial charge on any atom is 0.276 e. The van der Waals surface area contributed by atoms with Gasteiger partial charge in [-0.1, -0.05) is 41.6 Å². The Morgan fingerprint density at radius 2 is 1.89 bits per heavy atom. The van der Waals surface area contributed by atoms with E-state index in [2.05, 4.69) is 15.4 Å². The summed E-state index contributed by atoms with van der Waals surface area (Å²) < 4.78 is 5.04. The van der Waals surface area contributed by atoms with Crippen LogP contribution in [0.15, 0.2) is 77.3 Å². The van der Waals surface area contributed by atoms with Gasteiger partial charge in [0.1, 0.15) is 16.9 Å². The van der Waals surface area contributed by atoms with Crippen LogP contribution in [0.25, 0.3) is 16.1 Å². The van der Waals surface area contributed by atoms with E-state index in [4.69, 9.17) is 0 Å². The average molecular weight is 388 g/mol. The lowest BCUT2D eigenvalue weighted by Gasteiger charge is -2.03. The molecule has 138 valence electrons. The van der Waals surface area contributed by atoms with E-state index in [1.165, 1.54) is 0 Å². The number of fused-ring (bicyclic) bond motifs is 1. The van der Waals surface area contributed by atoms with Crippen molar-refractivity contribution in [1.82, 2.24) is 29.2 Å². The molecule has 5 rings (SSSR count). The summed E-state index contributed by atoms with van der Waals surface area (Å²) in [5.41, 5.74) is 3.13. The Labute approximate surface area is 164 Å². The third-order valence-electron chi connectivity index (χ3n) is 4.48. The molecule has 0 fully saturated rings. The zero-order valence-electron chi connectivity index (χ0n) is 14.8. The fourth-order valence-electron chi connectivity index (χ4n) is 3.13. The van der Waals surface area contributed by atoms with Gasteiger partial charge in [-0.3, -0.25) is 4.79 Å². The average Bonchev–Trinajstić information content (AvgIpc) is 3.45. The first-order chi connectivity index (χ1) is 13.8. The molecule has 1 aromatic carbocycles. The first-order valence-electron chi connectivity index (χ1n) is 8.82. The predicted molar refractivity (Wildman–Crippen MR) is 107 cm³/mol. The standard InChI is InChI=1S/C20H16N6OS/c27-20-18-11-17(19-7-4-10-28-19)22-26(18)9-8-24(20)13-16-14-25(23-21-16)12-15-5-2-1-3-6-15/h1-11,14H,12-13H2. The Balaban J connectivity index is 1.41. The zero-order chi connectivity index (χ0) is 18.9. The summed E-state index contributed by atoms with van der Waals surface area (Å²) in [7, 11) is 0. The molecule has 0 spiro atoms. The maximum absolute atomic E-state index is 12.9. The van der Waals surface area contributed by atoms with Crippen LogP contribution in [0, 0.1) is 0 Å². The molecule has 0 saturated carbocycles. The van der Waals surface area contributed by atoms with Crippen LogP contribution in [0.2, 0.25) is 0 Å². The summed E-state index contributed by atoms with van der Waals surface area (Å²) >= 11 is 1.60. The summed E-state index contributed by atoms with van der Waals surface area (Å²) in [5.74, 6) is 0. The van der Waals surface area contributed by atoms with Crippen molar-refractivity contribution in [1.29, 1.82) is 0 Å². The third kappa shape index (κ3) is 3.14. The van der Waals surface area contributed by atoms with Gasteiger partial charge in [-0.25, -0.2) is 9.20 Å². The maximum atomic E-state index is 12.9. The summed E-state index contributed by atoms with van der Waals surface area (Å²) in [5, 5.41) is 14.9. The van der Waals surface area contributed by atoms with E-state index in [-0.39, 0.29) is 5.56 Å². The number of hydrogen-bond acceptors (Lipinski definition) is 5. The molecule has 0 aliphatic carbocycles.